The zero-order chi connectivity index (χ0) is 8.48. The Labute approximate surface area is 66.3 Å². The molecule has 0 aromatic carbocycles. The molecule has 1 aliphatic rings. The Morgan fingerprint density at radius 3 is 2.64 bits per heavy atom. The van der Waals surface area contributed by atoms with Gasteiger partial charge in [-0.1, -0.05) is 0 Å². The van der Waals surface area contributed by atoms with Crippen molar-refractivity contribution in [1.82, 2.24) is 0 Å². The summed E-state index contributed by atoms with van der Waals surface area (Å²) in [6.45, 7) is 1.75. The zero-order valence-electron chi connectivity index (χ0n) is 6.36. The van der Waals surface area contributed by atoms with Crippen molar-refractivity contribution in [1.29, 1.82) is 0 Å². The molecule has 0 saturated heterocycles. The van der Waals surface area contributed by atoms with Crippen molar-refractivity contribution in [2.45, 2.75) is 18.6 Å². The molecule has 0 radical (unpaired) electrons. The molecule has 0 amide bonds. The average molecular weight is 180 g/mol. The molecule has 0 spiro atoms. The van der Waals surface area contributed by atoms with Gasteiger partial charge in [0.25, 0.3) is 10.1 Å². The van der Waals surface area contributed by atoms with Gasteiger partial charge in [0, 0.05) is 12.5 Å². The van der Waals surface area contributed by atoms with Gasteiger partial charge >= 0.3 is 0 Å². The van der Waals surface area contributed by atoms with Gasteiger partial charge in [-0.2, -0.15) is 8.42 Å². The molecule has 2 unspecified atom stereocenters. The molecule has 0 aromatic heterocycles. The molecule has 5 heteroatoms. The van der Waals surface area contributed by atoms with Crippen molar-refractivity contribution in [3.63, 3.8) is 0 Å². The highest BCUT2D eigenvalue weighted by atomic mass is 32.2. The molecular formula is C6H12O4S. The first-order valence-corrected chi connectivity index (χ1v) is 5.08. The fourth-order valence-electron chi connectivity index (χ4n) is 1.02. The first-order valence-electron chi connectivity index (χ1n) is 3.61. The van der Waals surface area contributed by atoms with Gasteiger partial charge in [0.05, 0.1) is 11.9 Å². The number of hydrogen-bond donors (Lipinski definition) is 1. The maximum atomic E-state index is 11.0. The van der Waals surface area contributed by atoms with E-state index >= 15 is 0 Å². The maximum Gasteiger partial charge on any atom is 0.270 e. The van der Waals surface area contributed by atoms with Gasteiger partial charge in [-0.05, 0) is 13.3 Å². The van der Waals surface area contributed by atoms with E-state index in [4.69, 9.17) is 5.11 Å². The molecule has 1 fully saturated rings. The Balaban J connectivity index is 2.49. The van der Waals surface area contributed by atoms with Crippen LogP contribution in [0.2, 0.25) is 0 Å². The van der Waals surface area contributed by atoms with E-state index in [-0.39, 0.29) is 19.1 Å². The van der Waals surface area contributed by atoms with E-state index in [1.54, 1.807) is 6.92 Å². The number of rotatable bonds is 4. The van der Waals surface area contributed by atoms with Gasteiger partial charge in [0.1, 0.15) is 0 Å². The third-order valence-corrected chi connectivity index (χ3v) is 3.63. The maximum absolute atomic E-state index is 11.0. The molecule has 11 heavy (non-hydrogen) atoms. The van der Waals surface area contributed by atoms with Crippen LogP contribution in [0.1, 0.15) is 13.3 Å². The molecule has 0 heterocycles. The third kappa shape index (κ3) is 1.91. The summed E-state index contributed by atoms with van der Waals surface area (Å²) < 4.78 is 26.6. The standard InChI is InChI=1S/C6H12O4S/c1-2-10-11(8,9)6-3-5(6)4-7/h5-7H,2-4H2,1H3. The number of hydrogen-bond acceptors (Lipinski definition) is 4. The lowest BCUT2D eigenvalue weighted by Crippen LogP contribution is -2.13. The van der Waals surface area contributed by atoms with E-state index in [9.17, 15) is 8.42 Å². The van der Waals surface area contributed by atoms with Crippen LogP contribution in [0, 0.1) is 5.92 Å². The van der Waals surface area contributed by atoms with E-state index in [2.05, 4.69) is 4.18 Å². The van der Waals surface area contributed by atoms with Crippen molar-refractivity contribution in [3.8, 4) is 0 Å². The molecule has 0 aromatic rings. The monoisotopic (exact) mass is 180 g/mol. The van der Waals surface area contributed by atoms with Crippen LogP contribution in [0.3, 0.4) is 0 Å². The molecule has 1 rings (SSSR count). The highest BCUT2D eigenvalue weighted by Gasteiger charge is 2.47. The molecule has 0 bridgehead atoms. The quantitative estimate of drug-likeness (QED) is 0.605. The largest absolute Gasteiger partial charge is 0.396 e. The SMILES string of the molecule is CCOS(=O)(=O)C1CC1CO. The van der Waals surface area contributed by atoms with Crippen molar-refractivity contribution in [3.05, 3.63) is 0 Å². The molecule has 0 aliphatic heterocycles. The van der Waals surface area contributed by atoms with Crippen LogP contribution in [-0.2, 0) is 14.3 Å². The summed E-state index contributed by atoms with van der Waals surface area (Å²) in [7, 11) is -3.36. The summed E-state index contributed by atoms with van der Waals surface area (Å²) >= 11 is 0. The lowest BCUT2D eigenvalue weighted by atomic mass is 10.5. The minimum Gasteiger partial charge on any atom is -0.396 e. The zero-order valence-corrected chi connectivity index (χ0v) is 7.17. The Bertz CT molecular complexity index is 221. The highest BCUT2D eigenvalue weighted by molar-refractivity contribution is 7.87. The fraction of sp³-hybridized carbons (Fsp3) is 1.00. The summed E-state index contributed by atoms with van der Waals surface area (Å²) in [6.07, 6.45) is 0.541. The van der Waals surface area contributed by atoms with E-state index < -0.39 is 15.4 Å². The van der Waals surface area contributed by atoms with Crippen LogP contribution < -0.4 is 0 Å². The minimum atomic E-state index is -3.36. The van der Waals surface area contributed by atoms with Crippen molar-refractivity contribution in [2.24, 2.45) is 5.92 Å². The summed E-state index contributed by atoms with van der Waals surface area (Å²) in [5.74, 6) is -0.0912. The van der Waals surface area contributed by atoms with Gasteiger partial charge < -0.3 is 5.11 Å². The molecule has 66 valence electrons. The van der Waals surface area contributed by atoms with Crippen LogP contribution >= 0.6 is 0 Å². The molecule has 1 saturated carbocycles. The Morgan fingerprint density at radius 1 is 1.64 bits per heavy atom. The summed E-state index contributed by atoms with van der Waals surface area (Å²) in [5, 5.41) is 8.14. The Kier molecular flexibility index (Phi) is 2.51. The topological polar surface area (TPSA) is 63.6 Å². The summed E-state index contributed by atoms with van der Waals surface area (Å²) in [6, 6.07) is 0. The van der Waals surface area contributed by atoms with E-state index in [0.717, 1.165) is 0 Å². The Hall–Kier alpha value is -0.130. The van der Waals surface area contributed by atoms with Crippen LogP contribution in [0.15, 0.2) is 0 Å². The molecule has 4 nitrogen and oxygen atoms in total. The van der Waals surface area contributed by atoms with Gasteiger partial charge in [0.15, 0.2) is 0 Å². The van der Waals surface area contributed by atoms with E-state index in [1.165, 1.54) is 0 Å². The molecule has 1 N–H and O–H groups in total. The second-order valence-corrected chi connectivity index (χ2v) is 4.44. The first-order chi connectivity index (χ1) is 5.11. The van der Waals surface area contributed by atoms with Crippen LogP contribution in [-0.4, -0.2) is 32.0 Å². The van der Waals surface area contributed by atoms with Crippen LogP contribution in [0.4, 0.5) is 0 Å². The molecule has 1 aliphatic carbocycles. The number of aliphatic hydroxyl groups excluding tert-OH is 1. The number of aliphatic hydroxyl groups is 1. The smallest absolute Gasteiger partial charge is 0.270 e. The van der Waals surface area contributed by atoms with Gasteiger partial charge in [0.2, 0.25) is 0 Å². The van der Waals surface area contributed by atoms with Gasteiger partial charge in [-0.25, -0.2) is 0 Å². The fourth-order valence-corrected chi connectivity index (χ4v) is 2.56. The normalized spacial score (nSPS) is 30.4. The molecule has 2 atom stereocenters. The lowest BCUT2D eigenvalue weighted by Gasteiger charge is -2.00. The third-order valence-electron chi connectivity index (χ3n) is 1.75. The molecular weight excluding hydrogens is 168 g/mol. The van der Waals surface area contributed by atoms with Crippen LogP contribution in [0.5, 0.6) is 0 Å². The van der Waals surface area contributed by atoms with Crippen molar-refractivity contribution in [2.75, 3.05) is 13.2 Å². The van der Waals surface area contributed by atoms with Crippen LogP contribution in [0.25, 0.3) is 0 Å². The highest BCUT2D eigenvalue weighted by Crippen LogP contribution is 2.37. The summed E-state index contributed by atoms with van der Waals surface area (Å²) in [5.41, 5.74) is 0. The summed E-state index contributed by atoms with van der Waals surface area (Å²) in [4.78, 5) is 0. The minimum absolute atomic E-state index is 0.0586. The van der Waals surface area contributed by atoms with E-state index in [1.807, 2.05) is 0 Å². The van der Waals surface area contributed by atoms with Crippen molar-refractivity contribution >= 4 is 10.1 Å². The predicted octanol–water partition coefficient (Wildman–Crippen LogP) is -0.266. The van der Waals surface area contributed by atoms with Crippen molar-refractivity contribution < 1.29 is 17.7 Å². The average Bonchev–Trinajstić information content (AvgIpc) is 2.65. The van der Waals surface area contributed by atoms with Gasteiger partial charge in [-0.3, -0.25) is 4.18 Å². The predicted molar refractivity (Wildman–Crippen MR) is 39.5 cm³/mol. The van der Waals surface area contributed by atoms with E-state index in [0.29, 0.717) is 6.42 Å². The Morgan fingerprint density at radius 2 is 2.27 bits per heavy atom. The first kappa shape index (κ1) is 8.96. The van der Waals surface area contributed by atoms with Gasteiger partial charge in [-0.15, -0.1) is 0 Å². The lowest BCUT2D eigenvalue weighted by molar-refractivity contribution is 0.274. The second-order valence-electron chi connectivity index (χ2n) is 2.62. The second kappa shape index (κ2) is 3.08.